The molecule has 0 radical (unpaired) electrons. The number of hydrogen-bond donors (Lipinski definition) is 3. The number of carbonyl (C=O) groups is 1. The largest absolute Gasteiger partial charge is 0.495 e. The maximum atomic E-state index is 13.1. The van der Waals surface area contributed by atoms with Crippen molar-refractivity contribution in [3.8, 4) is 11.8 Å². The molecule has 4 rings (SSSR count). The van der Waals surface area contributed by atoms with Crippen LogP contribution in [-0.2, 0) is 4.74 Å². The van der Waals surface area contributed by atoms with Crippen molar-refractivity contribution in [2.24, 2.45) is 0 Å². The summed E-state index contributed by atoms with van der Waals surface area (Å²) in [6.07, 6.45) is 1.60. The average Bonchev–Trinajstić information content (AvgIpc) is 3.21. The first-order valence-corrected chi connectivity index (χ1v) is 10.9. The number of nitrogens with zero attached hydrogens (tertiary/aromatic N) is 4. The molecule has 1 fully saturated rings. The van der Waals surface area contributed by atoms with Gasteiger partial charge in [0.15, 0.2) is 0 Å². The first-order valence-electron chi connectivity index (χ1n) is 10.9. The van der Waals surface area contributed by atoms with E-state index < -0.39 is 0 Å². The van der Waals surface area contributed by atoms with Crippen molar-refractivity contribution < 1.29 is 14.3 Å². The number of aromatic nitrogens is 3. The summed E-state index contributed by atoms with van der Waals surface area (Å²) in [6, 6.07) is 7.39. The second-order valence-corrected chi connectivity index (χ2v) is 7.97. The van der Waals surface area contributed by atoms with Crippen molar-refractivity contribution in [1.82, 2.24) is 19.9 Å². The lowest BCUT2D eigenvalue weighted by Crippen LogP contribution is -2.48. The second kappa shape index (κ2) is 9.34. The van der Waals surface area contributed by atoms with Crippen LogP contribution in [0.4, 0.5) is 17.5 Å². The maximum Gasteiger partial charge on any atom is 0.254 e. The van der Waals surface area contributed by atoms with E-state index in [2.05, 4.69) is 31.7 Å². The number of nitrogens with one attached hydrogen (secondary N) is 3. The number of benzene rings is 1. The van der Waals surface area contributed by atoms with Crippen LogP contribution in [0.15, 0.2) is 24.4 Å². The van der Waals surface area contributed by atoms with E-state index in [1.807, 2.05) is 20.8 Å². The molecule has 3 heterocycles. The molecule has 3 N–H and O–H groups in total. The predicted octanol–water partition coefficient (Wildman–Crippen LogP) is 3.26. The summed E-state index contributed by atoms with van der Waals surface area (Å²) in [5, 5.41) is 16.4. The van der Waals surface area contributed by atoms with Gasteiger partial charge in [0.05, 0.1) is 36.0 Å². The molecule has 0 saturated carbocycles. The lowest BCUT2D eigenvalue weighted by molar-refractivity contribution is -0.0586. The number of ether oxygens (including phenoxy) is 2. The Kier molecular flexibility index (Phi) is 6.33. The van der Waals surface area contributed by atoms with Crippen LogP contribution < -0.4 is 15.4 Å². The number of H-pyrrole nitrogens is 1. The number of carbonyl (C=O) groups excluding carboxylic acids is 1. The average molecular weight is 450 g/mol. The number of methoxy groups -OCH3 is 1. The third-order valence-electron chi connectivity index (χ3n) is 5.40. The molecular formula is C23H27N7O3. The summed E-state index contributed by atoms with van der Waals surface area (Å²) in [7, 11) is 1.55. The van der Waals surface area contributed by atoms with Crippen molar-refractivity contribution in [3.05, 3.63) is 35.5 Å². The Balaban J connectivity index is 1.62. The number of rotatable bonds is 6. The predicted molar refractivity (Wildman–Crippen MR) is 125 cm³/mol. The van der Waals surface area contributed by atoms with Gasteiger partial charge < -0.3 is 30.0 Å². The Morgan fingerprint density at radius 2 is 2.09 bits per heavy atom. The molecular weight excluding hydrogens is 422 g/mol. The standard InChI is InChI=1S/C23H27N7O3/c1-5-25-20-19-16(9-24)10-26-21(19)29-23(28-20)27-17-7-6-15(8-18(17)32-4)22(31)30-11-13(2)33-14(3)12-30/h6-8,10,13-14H,5,11-12H2,1-4H3,(H3,25,26,27,28,29)/t13-,14+. The highest BCUT2D eigenvalue weighted by Crippen LogP contribution is 2.31. The van der Waals surface area contributed by atoms with E-state index >= 15 is 0 Å². The van der Waals surface area contributed by atoms with E-state index in [4.69, 9.17) is 9.47 Å². The third-order valence-corrected chi connectivity index (χ3v) is 5.40. The van der Waals surface area contributed by atoms with E-state index in [9.17, 15) is 10.1 Å². The quantitative estimate of drug-likeness (QED) is 0.523. The van der Waals surface area contributed by atoms with E-state index in [1.165, 1.54) is 0 Å². The molecule has 0 bridgehead atoms. The topological polar surface area (TPSA) is 128 Å². The second-order valence-electron chi connectivity index (χ2n) is 7.97. The summed E-state index contributed by atoms with van der Waals surface area (Å²) in [5.74, 6) is 1.32. The van der Waals surface area contributed by atoms with Crippen LogP contribution in [-0.4, -0.2) is 64.7 Å². The molecule has 172 valence electrons. The number of morpholine rings is 1. The van der Waals surface area contributed by atoms with Gasteiger partial charge in [-0.3, -0.25) is 4.79 Å². The fourth-order valence-electron chi connectivity index (χ4n) is 4.05. The van der Waals surface area contributed by atoms with Crippen LogP contribution in [0.3, 0.4) is 0 Å². The minimum Gasteiger partial charge on any atom is -0.495 e. The Labute approximate surface area is 191 Å². The molecule has 0 unspecified atom stereocenters. The molecule has 33 heavy (non-hydrogen) atoms. The Hall–Kier alpha value is -3.84. The number of amides is 1. The van der Waals surface area contributed by atoms with Gasteiger partial charge in [-0.25, -0.2) is 0 Å². The molecule has 1 aliphatic rings. The smallest absolute Gasteiger partial charge is 0.254 e. The van der Waals surface area contributed by atoms with Crippen LogP contribution in [0.2, 0.25) is 0 Å². The van der Waals surface area contributed by atoms with Crippen molar-refractivity contribution in [2.45, 2.75) is 33.0 Å². The number of anilines is 3. The SMILES string of the molecule is CCNc1nc(Nc2ccc(C(=O)N3C[C@@H](C)O[C@@H](C)C3)cc2OC)nc2[nH]cc(C#N)c12. The van der Waals surface area contributed by atoms with E-state index in [0.29, 0.717) is 65.0 Å². The van der Waals surface area contributed by atoms with Crippen molar-refractivity contribution in [3.63, 3.8) is 0 Å². The fourth-order valence-corrected chi connectivity index (χ4v) is 4.05. The van der Waals surface area contributed by atoms with Gasteiger partial charge >= 0.3 is 0 Å². The van der Waals surface area contributed by atoms with Crippen molar-refractivity contribution in [1.29, 1.82) is 5.26 Å². The molecule has 10 nitrogen and oxygen atoms in total. The van der Waals surface area contributed by atoms with Crippen LogP contribution in [0.1, 0.15) is 36.7 Å². The molecule has 2 aromatic heterocycles. The molecule has 0 spiro atoms. The van der Waals surface area contributed by atoms with Crippen LogP contribution in [0.5, 0.6) is 5.75 Å². The lowest BCUT2D eigenvalue weighted by atomic mass is 10.1. The molecule has 0 aliphatic carbocycles. The molecule has 1 aliphatic heterocycles. The zero-order valence-electron chi connectivity index (χ0n) is 19.1. The monoisotopic (exact) mass is 449 g/mol. The highest BCUT2D eigenvalue weighted by Gasteiger charge is 2.27. The lowest BCUT2D eigenvalue weighted by Gasteiger charge is -2.35. The molecule has 10 heteroatoms. The first-order chi connectivity index (χ1) is 15.9. The molecule has 3 aromatic rings. The highest BCUT2D eigenvalue weighted by atomic mass is 16.5. The van der Waals surface area contributed by atoms with E-state index in [0.717, 1.165) is 0 Å². The minimum absolute atomic E-state index is 0.00642. The van der Waals surface area contributed by atoms with Crippen LogP contribution >= 0.6 is 0 Å². The van der Waals surface area contributed by atoms with Crippen molar-refractivity contribution in [2.75, 3.05) is 37.4 Å². The number of fused-ring (bicyclic) bond motifs is 1. The summed E-state index contributed by atoms with van der Waals surface area (Å²) in [6.45, 7) is 7.62. The van der Waals surface area contributed by atoms with Gasteiger partial charge in [-0.05, 0) is 39.0 Å². The van der Waals surface area contributed by atoms with Gasteiger partial charge in [-0.1, -0.05) is 0 Å². The van der Waals surface area contributed by atoms with Crippen LogP contribution in [0.25, 0.3) is 11.0 Å². The van der Waals surface area contributed by atoms with E-state index in [1.54, 1.807) is 36.4 Å². The van der Waals surface area contributed by atoms with Gasteiger partial charge in [-0.15, -0.1) is 0 Å². The van der Waals surface area contributed by atoms with Gasteiger partial charge in [0.2, 0.25) is 5.95 Å². The third kappa shape index (κ3) is 4.54. The molecule has 1 aromatic carbocycles. The Morgan fingerprint density at radius 3 is 2.76 bits per heavy atom. The molecule has 1 amide bonds. The number of nitriles is 1. The molecule has 2 atom stereocenters. The zero-order valence-corrected chi connectivity index (χ0v) is 19.1. The van der Waals surface area contributed by atoms with Gasteiger partial charge in [0.1, 0.15) is 23.3 Å². The first kappa shape index (κ1) is 22.4. The van der Waals surface area contributed by atoms with Crippen molar-refractivity contribution >= 4 is 34.4 Å². The Morgan fingerprint density at radius 1 is 1.33 bits per heavy atom. The van der Waals surface area contributed by atoms with Gasteiger partial charge in [-0.2, -0.15) is 15.2 Å². The number of hydrogen-bond acceptors (Lipinski definition) is 8. The highest BCUT2D eigenvalue weighted by molar-refractivity contribution is 5.96. The van der Waals surface area contributed by atoms with Crippen LogP contribution in [0, 0.1) is 11.3 Å². The number of aromatic amines is 1. The zero-order chi connectivity index (χ0) is 23.5. The fraction of sp³-hybridized carbons (Fsp3) is 0.391. The summed E-state index contributed by atoms with van der Waals surface area (Å²) >= 11 is 0. The summed E-state index contributed by atoms with van der Waals surface area (Å²) in [4.78, 5) is 26.9. The van der Waals surface area contributed by atoms with Gasteiger partial charge in [0.25, 0.3) is 5.91 Å². The summed E-state index contributed by atoms with van der Waals surface area (Å²) < 4.78 is 11.3. The van der Waals surface area contributed by atoms with Gasteiger partial charge in [0, 0.05) is 31.4 Å². The summed E-state index contributed by atoms with van der Waals surface area (Å²) in [5.41, 5.74) is 2.17. The van der Waals surface area contributed by atoms with E-state index in [-0.39, 0.29) is 18.1 Å². The Bertz CT molecular complexity index is 1210. The minimum atomic E-state index is -0.0654. The molecule has 1 saturated heterocycles. The normalized spacial score (nSPS) is 18.1. The maximum absolute atomic E-state index is 13.1.